The Bertz CT molecular complexity index is 570. The van der Waals surface area contributed by atoms with E-state index >= 15 is 0 Å². The molecule has 2 atom stereocenters. The molecule has 0 radical (unpaired) electrons. The van der Waals surface area contributed by atoms with Crippen molar-refractivity contribution in [2.45, 2.75) is 31.8 Å². The van der Waals surface area contributed by atoms with E-state index < -0.39 is 6.04 Å². The lowest BCUT2D eigenvalue weighted by Crippen LogP contribution is -2.62. The molecule has 6 heteroatoms. The minimum absolute atomic E-state index is 0.0388. The highest BCUT2D eigenvalue weighted by molar-refractivity contribution is 6.40. The number of hydrogen-bond acceptors (Lipinski definition) is 2. The van der Waals surface area contributed by atoms with Crippen molar-refractivity contribution in [1.29, 1.82) is 0 Å². The first-order valence-electron chi connectivity index (χ1n) is 6.60. The Hall–Kier alpha value is -1.26. The summed E-state index contributed by atoms with van der Waals surface area (Å²) in [6.07, 6.45) is 1.56. The van der Waals surface area contributed by atoms with Gasteiger partial charge in [-0.15, -0.1) is 0 Å². The third-order valence-electron chi connectivity index (χ3n) is 3.98. The van der Waals surface area contributed by atoms with Gasteiger partial charge in [-0.3, -0.25) is 14.5 Å². The number of carbonyl (C=O) groups is 2. The highest BCUT2D eigenvalue weighted by atomic mass is 35.5. The average Bonchev–Trinajstić information content (AvgIpc) is 2.89. The fourth-order valence-electron chi connectivity index (χ4n) is 3.01. The first kappa shape index (κ1) is 13.7. The minimum atomic E-state index is -0.575. The van der Waals surface area contributed by atoms with E-state index in [2.05, 4.69) is 0 Å². The van der Waals surface area contributed by atoms with E-state index in [9.17, 15) is 9.59 Å². The van der Waals surface area contributed by atoms with Gasteiger partial charge < -0.3 is 4.90 Å². The van der Waals surface area contributed by atoms with Crippen molar-refractivity contribution in [3.8, 4) is 0 Å². The van der Waals surface area contributed by atoms with Crippen LogP contribution in [0.3, 0.4) is 0 Å². The molecule has 2 aliphatic rings. The van der Waals surface area contributed by atoms with Gasteiger partial charge in [0.15, 0.2) is 0 Å². The number of fused-ring (bicyclic) bond motifs is 1. The number of para-hydroxylation sites is 1. The summed E-state index contributed by atoms with van der Waals surface area (Å²) in [6.45, 7) is 2.37. The van der Waals surface area contributed by atoms with Crippen molar-refractivity contribution in [3.05, 3.63) is 28.2 Å². The molecule has 20 heavy (non-hydrogen) atoms. The van der Waals surface area contributed by atoms with Crippen LogP contribution in [0.4, 0.5) is 5.69 Å². The van der Waals surface area contributed by atoms with Gasteiger partial charge in [-0.25, -0.2) is 0 Å². The van der Waals surface area contributed by atoms with Gasteiger partial charge in [0.25, 0.3) is 5.91 Å². The van der Waals surface area contributed by atoms with Crippen molar-refractivity contribution in [3.63, 3.8) is 0 Å². The molecule has 0 saturated carbocycles. The van der Waals surface area contributed by atoms with Gasteiger partial charge in [0.1, 0.15) is 12.1 Å². The lowest BCUT2D eigenvalue weighted by molar-refractivity contribution is -0.143. The van der Waals surface area contributed by atoms with Gasteiger partial charge in [0.05, 0.1) is 15.7 Å². The van der Waals surface area contributed by atoms with Gasteiger partial charge in [-0.05, 0) is 31.9 Å². The molecular weight excluding hydrogens is 299 g/mol. The number of nitrogens with zero attached hydrogens (tertiary/aromatic N) is 2. The van der Waals surface area contributed by atoms with Crippen molar-refractivity contribution in [2.24, 2.45) is 0 Å². The summed E-state index contributed by atoms with van der Waals surface area (Å²) in [5.41, 5.74) is 0.438. The van der Waals surface area contributed by atoms with E-state index in [-0.39, 0.29) is 17.9 Å². The molecule has 0 N–H and O–H groups in total. The van der Waals surface area contributed by atoms with Crippen LogP contribution in [0.25, 0.3) is 0 Å². The summed E-state index contributed by atoms with van der Waals surface area (Å²) in [5, 5.41) is 0.772. The molecule has 3 rings (SSSR count). The number of halogens is 2. The number of carbonyl (C=O) groups excluding carboxylic acids is 2. The van der Waals surface area contributed by atoms with E-state index in [1.54, 1.807) is 30.0 Å². The third kappa shape index (κ3) is 1.90. The topological polar surface area (TPSA) is 40.6 Å². The molecule has 2 unspecified atom stereocenters. The SMILES string of the molecule is CC1C(=O)N2CCCC2C(=O)N1c1c(Cl)cccc1Cl. The molecular formula is C14H14Cl2N2O2. The van der Waals surface area contributed by atoms with Gasteiger partial charge in [-0.1, -0.05) is 29.3 Å². The normalized spacial score (nSPS) is 26.1. The number of piperazine rings is 1. The maximum Gasteiger partial charge on any atom is 0.250 e. The summed E-state index contributed by atoms with van der Waals surface area (Å²) >= 11 is 12.4. The predicted molar refractivity (Wildman–Crippen MR) is 78.1 cm³/mol. The maximum absolute atomic E-state index is 12.7. The fraction of sp³-hybridized carbons (Fsp3) is 0.429. The predicted octanol–water partition coefficient (Wildman–Crippen LogP) is 2.72. The Kier molecular flexibility index (Phi) is 3.38. The molecule has 106 valence electrons. The van der Waals surface area contributed by atoms with Crippen molar-refractivity contribution in [2.75, 3.05) is 11.4 Å². The van der Waals surface area contributed by atoms with E-state index in [0.717, 1.165) is 6.42 Å². The number of rotatable bonds is 1. The van der Waals surface area contributed by atoms with E-state index in [0.29, 0.717) is 28.7 Å². The van der Waals surface area contributed by atoms with Crippen molar-refractivity contribution < 1.29 is 9.59 Å². The molecule has 1 aromatic carbocycles. The maximum atomic E-state index is 12.7. The van der Waals surface area contributed by atoms with Gasteiger partial charge in [0, 0.05) is 6.54 Å². The number of amides is 2. The highest BCUT2D eigenvalue weighted by Crippen LogP contribution is 2.38. The van der Waals surface area contributed by atoms with Crippen LogP contribution >= 0.6 is 23.2 Å². The molecule has 2 saturated heterocycles. The number of hydrogen-bond donors (Lipinski definition) is 0. The summed E-state index contributed by atoms with van der Waals surface area (Å²) in [6, 6.07) is 4.12. The Morgan fingerprint density at radius 3 is 2.45 bits per heavy atom. The number of anilines is 1. The molecule has 2 fully saturated rings. The first-order chi connectivity index (χ1) is 9.52. The second-order valence-corrected chi connectivity index (χ2v) is 5.96. The quantitative estimate of drug-likeness (QED) is 0.800. The van der Waals surface area contributed by atoms with Crippen molar-refractivity contribution in [1.82, 2.24) is 4.90 Å². The van der Waals surface area contributed by atoms with Crippen LogP contribution in [0.5, 0.6) is 0 Å². The van der Waals surface area contributed by atoms with E-state index in [4.69, 9.17) is 23.2 Å². The zero-order valence-electron chi connectivity index (χ0n) is 11.0. The fourth-order valence-corrected chi connectivity index (χ4v) is 3.59. The molecule has 2 heterocycles. The molecule has 0 aliphatic carbocycles. The zero-order chi connectivity index (χ0) is 14.4. The highest BCUT2D eigenvalue weighted by Gasteiger charge is 2.47. The third-order valence-corrected chi connectivity index (χ3v) is 4.59. The molecule has 4 nitrogen and oxygen atoms in total. The Morgan fingerprint density at radius 1 is 1.15 bits per heavy atom. The second-order valence-electron chi connectivity index (χ2n) is 5.14. The zero-order valence-corrected chi connectivity index (χ0v) is 12.5. The van der Waals surface area contributed by atoms with E-state index in [1.807, 2.05) is 0 Å². The van der Waals surface area contributed by atoms with Crippen LogP contribution in [0.15, 0.2) is 18.2 Å². The number of benzene rings is 1. The van der Waals surface area contributed by atoms with Crippen molar-refractivity contribution >= 4 is 40.7 Å². The molecule has 0 spiro atoms. The molecule has 0 bridgehead atoms. The first-order valence-corrected chi connectivity index (χ1v) is 7.35. The summed E-state index contributed by atoms with van der Waals surface area (Å²) < 4.78 is 0. The summed E-state index contributed by atoms with van der Waals surface area (Å²) in [4.78, 5) is 28.2. The Labute approximate surface area is 127 Å². The summed E-state index contributed by atoms with van der Waals surface area (Å²) in [7, 11) is 0. The summed E-state index contributed by atoms with van der Waals surface area (Å²) in [5.74, 6) is -0.132. The largest absolute Gasteiger partial charge is 0.329 e. The van der Waals surface area contributed by atoms with Gasteiger partial charge >= 0.3 is 0 Å². The lowest BCUT2D eigenvalue weighted by atomic mass is 10.0. The van der Waals surface area contributed by atoms with Crippen LogP contribution in [0, 0.1) is 0 Å². The Balaban J connectivity index is 2.08. The van der Waals surface area contributed by atoms with Crippen LogP contribution in [0.1, 0.15) is 19.8 Å². The average molecular weight is 313 g/mol. The monoisotopic (exact) mass is 312 g/mol. The minimum Gasteiger partial charge on any atom is -0.329 e. The Morgan fingerprint density at radius 2 is 1.80 bits per heavy atom. The van der Waals surface area contributed by atoms with E-state index in [1.165, 1.54) is 4.90 Å². The smallest absolute Gasteiger partial charge is 0.250 e. The molecule has 2 amide bonds. The van der Waals surface area contributed by atoms with Crippen LogP contribution in [0.2, 0.25) is 10.0 Å². The van der Waals surface area contributed by atoms with Crippen LogP contribution in [-0.2, 0) is 9.59 Å². The van der Waals surface area contributed by atoms with Gasteiger partial charge in [-0.2, -0.15) is 0 Å². The van der Waals surface area contributed by atoms with Gasteiger partial charge in [0.2, 0.25) is 5.91 Å². The molecule has 0 aromatic heterocycles. The second kappa shape index (κ2) is 4.93. The molecule has 2 aliphatic heterocycles. The van der Waals surface area contributed by atoms with Crippen LogP contribution < -0.4 is 4.90 Å². The molecule has 1 aromatic rings. The standard InChI is InChI=1S/C14H14Cl2N2O2/c1-8-13(19)17-7-3-6-11(17)14(20)18(8)12-9(15)4-2-5-10(12)16/h2,4-5,8,11H,3,6-7H2,1H3. The lowest BCUT2D eigenvalue weighted by Gasteiger charge is -2.41. The van der Waals surface area contributed by atoms with Crippen LogP contribution in [-0.4, -0.2) is 35.3 Å².